The third-order valence-electron chi connectivity index (χ3n) is 4.32. The van der Waals surface area contributed by atoms with Crippen molar-refractivity contribution in [2.75, 3.05) is 25.4 Å². The highest BCUT2D eigenvalue weighted by Gasteiger charge is 2.41. The molecule has 2 N–H and O–H groups in total. The van der Waals surface area contributed by atoms with E-state index in [1.807, 2.05) is 6.92 Å². The zero-order chi connectivity index (χ0) is 15.2. The molecule has 2 aliphatic heterocycles. The first-order chi connectivity index (χ1) is 9.89. The highest BCUT2D eigenvalue weighted by molar-refractivity contribution is 9.10. The first-order valence-corrected chi connectivity index (χ1v) is 9.30. The lowest BCUT2D eigenvalue weighted by molar-refractivity contribution is 0.117. The van der Waals surface area contributed by atoms with Gasteiger partial charge in [-0.15, -0.1) is 0 Å². The second-order valence-electron chi connectivity index (χ2n) is 5.75. The lowest BCUT2D eigenvalue weighted by Crippen LogP contribution is -2.56. The summed E-state index contributed by atoms with van der Waals surface area (Å²) in [7, 11) is -3.61. The number of sulfonamides is 1. The number of piperazine rings is 1. The van der Waals surface area contributed by atoms with Crippen molar-refractivity contribution >= 4 is 31.8 Å². The van der Waals surface area contributed by atoms with E-state index < -0.39 is 10.0 Å². The van der Waals surface area contributed by atoms with Gasteiger partial charge in [-0.25, -0.2) is 13.4 Å². The maximum atomic E-state index is 12.9. The van der Waals surface area contributed by atoms with Crippen molar-refractivity contribution in [1.82, 2.24) is 14.2 Å². The average molecular weight is 375 g/mol. The number of hydrogen-bond donors (Lipinski definition) is 1. The molecule has 116 valence electrons. The minimum atomic E-state index is -3.61. The number of nitrogens with zero attached hydrogens (tertiary/aromatic N) is 3. The Bertz CT molecular complexity index is 652. The maximum Gasteiger partial charge on any atom is 0.247 e. The molecule has 2 atom stereocenters. The van der Waals surface area contributed by atoms with Gasteiger partial charge in [0.2, 0.25) is 10.0 Å². The standard InChI is InChI=1S/C13H19BrN4O2S/c1-9-7-17-4-2-3-11(17)8-18(9)21(19,20)12-5-10(14)6-16-13(12)15/h5-6,9,11H,2-4,7-8H2,1H3,(H2,15,16). The van der Waals surface area contributed by atoms with Crippen LogP contribution in [0.4, 0.5) is 5.82 Å². The molecule has 0 spiro atoms. The first kappa shape index (κ1) is 15.2. The summed E-state index contributed by atoms with van der Waals surface area (Å²) in [6, 6.07) is 1.81. The van der Waals surface area contributed by atoms with Gasteiger partial charge in [-0.2, -0.15) is 4.31 Å². The Hall–Kier alpha value is -0.700. The van der Waals surface area contributed by atoms with Crippen molar-refractivity contribution in [2.24, 2.45) is 0 Å². The van der Waals surface area contributed by atoms with Crippen molar-refractivity contribution in [3.63, 3.8) is 0 Å². The van der Waals surface area contributed by atoms with Gasteiger partial charge in [-0.05, 0) is 48.3 Å². The van der Waals surface area contributed by atoms with Gasteiger partial charge in [0.05, 0.1) is 0 Å². The Morgan fingerprint density at radius 1 is 1.43 bits per heavy atom. The fourth-order valence-corrected chi connectivity index (χ4v) is 5.50. The quantitative estimate of drug-likeness (QED) is 0.843. The van der Waals surface area contributed by atoms with Crippen LogP contribution in [0.2, 0.25) is 0 Å². The number of rotatable bonds is 2. The molecule has 0 amide bonds. The van der Waals surface area contributed by atoms with E-state index in [1.165, 1.54) is 12.3 Å². The summed E-state index contributed by atoms with van der Waals surface area (Å²) < 4.78 is 28.0. The number of fused-ring (bicyclic) bond motifs is 1. The fraction of sp³-hybridized carbons (Fsp3) is 0.615. The molecule has 2 saturated heterocycles. The average Bonchev–Trinajstić information content (AvgIpc) is 2.87. The van der Waals surface area contributed by atoms with Crippen molar-refractivity contribution in [1.29, 1.82) is 0 Å². The van der Waals surface area contributed by atoms with Gasteiger partial charge in [0, 0.05) is 35.8 Å². The Morgan fingerprint density at radius 3 is 2.95 bits per heavy atom. The molecule has 1 aromatic rings. The SMILES string of the molecule is CC1CN2CCCC2CN1S(=O)(=O)c1cc(Br)cnc1N. The Morgan fingerprint density at radius 2 is 2.19 bits per heavy atom. The number of aromatic nitrogens is 1. The van der Waals surface area contributed by atoms with Gasteiger partial charge in [0.15, 0.2) is 0 Å². The summed E-state index contributed by atoms with van der Waals surface area (Å²) >= 11 is 3.26. The van der Waals surface area contributed by atoms with Crippen LogP contribution in [0.15, 0.2) is 21.6 Å². The van der Waals surface area contributed by atoms with Crippen LogP contribution in [0.3, 0.4) is 0 Å². The highest BCUT2D eigenvalue weighted by atomic mass is 79.9. The lowest BCUT2D eigenvalue weighted by Gasteiger charge is -2.41. The van der Waals surface area contributed by atoms with E-state index in [4.69, 9.17) is 5.73 Å². The molecule has 3 heterocycles. The third-order valence-corrected chi connectivity index (χ3v) is 6.76. The van der Waals surface area contributed by atoms with Crippen molar-refractivity contribution < 1.29 is 8.42 Å². The van der Waals surface area contributed by atoms with Gasteiger partial charge in [-0.1, -0.05) is 0 Å². The van der Waals surface area contributed by atoms with Crippen LogP contribution >= 0.6 is 15.9 Å². The van der Waals surface area contributed by atoms with Crippen LogP contribution < -0.4 is 5.73 Å². The Kier molecular flexibility index (Phi) is 3.98. The van der Waals surface area contributed by atoms with Crippen LogP contribution in [0.25, 0.3) is 0 Å². The summed E-state index contributed by atoms with van der Waals surface area (Å²) in [6.07, 6.45) is 3.71. The second-order valence-corrected chi connectivity index (χ2v) is 8.53. The first-order valence-electron chi connectivity index (χ1n) is 7.06. The molecule has 0 bridgehead atoms. The van der Waals surface area contributed by atoms with E-state index in [-0.39, 0.29) is 16.8 Å². The molecule has 3 rings (SSSR count). The number of halogens is 1. The van der Waals surface area contributed by atoms with Gasteiger partial charge in [0.1, 0.15) is 10.7 Å². The minimum Gasteiger partial charge on any atom is -0.383 e. The molecule has 0 aliphatic carbocycles. The van der Waals surface area contributed by atoms with E-state index >= 15 is 0 Å². The highest BCUT2D eigenvalue weighted by Crippen LogP contribution is 2.31. The normalized spacial score (nSPS) is 27.7. The smallest absolute Gasteiger partial charge is 0.247 e. The molecule has 0 saturated carbocycles. The molecule has 2 unspecified atom stereocenters. The van der Waals surface area contributed by atoms with E-state index in [9.17, 15) is 8.42 Å². The van der Waals surface area contributed by atoms with Gasteiger partial charge in [0.25, 0.3) is 0 Å². The predicted molar refractivity (Wildman–Crippen MR) is 84.3 cm³/mol. The molecule has 1 aromatic heterocycles. The van der Waals surface area contributed by atoms with Crippen LogP contribution in [-0.2, 0) is 10.0 Å². The third kappa shape index (κ3) is 2.69. The monoisotopic (exact) mass is 374 g/mol. The minimum absolute atomic E-state index is 0.0530. The second kappa shape index (κ2) is 5.49. The molecule has 6 nitrogen and oxygen atoms in total. The summed E-state index contributed by atoms with van der Waals surface area (Å²) in [6.45, 7) is 4.35. The Balaban J connectivity index is 1.95. The van der Waals surface area contributed by atoms with E-state index in [0.29, 0.717) is 17.1 Å². The number of pyridine rings is 1. The van der Waals surface area contributed by atoms with Crippen molar-refractivity contribution in [3.05, 3.63) is 16.7 Å². The molecule has 21 heavy (non-hydrogen) atoms. The Labute approximate surface area is 133 Å². The molecule has 8 heteroatoms. The van der Waals surface area contributed by atoms with E-state index in [1.54, 1.807) is 4.31 Å². The lowest BCUT2D eigenvalue weighted by atomic mass is 10.1. The topological polar surface area (TPSA) is 79.5 Å². The molecular weight excluding hydrogens is 356 g/mol. The number of anilines is 1. The zero-order valence-corrected chi connectivity index (χ0v) is 14.3. The zero-order valence-electron chi connectivity index (χ0n) is 11.9. The number of nitrogens with two attached hydrogens (primary N) is 1. The number of hydrogen-bond acceptors (Lipinski definition) is 5. The summed E-state index contributed by atoms with van der Waals surface area (Å²) in [5.41, 5.74) is 5.79. The van der Waals surface area contributed by atoms with Gasteiger partial charge >= 0.3 is 0 Å². The van der Waals surface area contributed by atoms with E-state index in [2.05, 4.69) is 25.8 Å². The molecule has 2 fully saturated rings. The molecule has 0 radical (unpaired) electrons. The fourth-order valence-electron chi connectivity index (χ4n) is 3.26. The summed E-state index contributed by atoms with van der Waals surface area (Å²) in [4.78, 5) is 6.43. The van der Waals surface area contributed by atoms with Crippen LogP contribution in [0.1, 0.15) is 19.8 Å². The molecular formula is C13H19BrN4O2S. The number of nitrogen functional groups attached to an aromatic ring is 1. The predicted octanol–water partition coefficient (Wildman–Crippen LogP) is 1.28. The largest absolute Gasteiger partial charge is 0.383 e. The van der Waals surface area contributed by atoms with Crippen LogP contribution in [-0.4, -0.2) is 54.3 Å². The van der Waals surface area contributed by atoms with Crippen LogP contribution in [0, 0.1) is 0 Å². The van der Waals surface area contributed by atoms with Gasteiger partial charge < -0.3 is 5.73 Å². The molecule has 0 aromatic carbocycles. The maximum absolute atomic E-state index is 12.9. The van der Waals surface area contributed by atoms with Crippen molar-refractivity contribution in [2.45, 2.75) is 36.7 Å². The summed E-state index contributed by atoms with van der Waals surface area (Å²) in [5.74, 6) is 0.0549. The summed E-state index contributed by atoms with van der Waals surface area (Å²) in [5, 5.41) is 0. The van der Waals surface area contributed by atoms with Crippen molar-refractivity contribution in [3.8, 4) is 0 Å². The van der Waals surface area contributed by atoms with Crippen LogP contribution in [0.5, 0.6) is 0 Å². The van der Waals surface area contributed by atoms with E-state index in [0.717, 1.165) is 25.9 Å². The van der Waals surface area contributed by atoms with Gasteiger partial charge in [-0.3, -0.25) is 4.90 Å². The molecule has 2 aliphatic rings.